The molecule has 0 saturated carbocycles. The van der Waals surface area contributed by atoms with Gasteiger partial charge in [0.25, 0.3) is 0 Å². The normalized spacial score (nSPS) is 11.8. The minimum atomic E-state index is -0.358. The highest BCUT2D eigenvalue weighted by Crippen LogP contribution is 2.30. The summed E-state index contributed by atoms with van der Waals surface area (Å²) >= 11 is 0. The standard InChI is InChI=1S/C14H18FN3/c1-14(2,3)8-18-13-10(15)7-11(16)9-5-4-6-17-12(9)13/h4-7,18H,8,16H2,1-3H3. The van der Waals surface area contributed by atoms with Crippen LogP contribution in [0.4, 0.5) is 15.8 Å². The second-order valence-corrected chi connectivity index (χ2v) is 5.64. The summed E-state index contributed by atoms with van der Waals surface area (Å²) in [5.41, 5.74) is 7.29. The van der Waals surface area contributed by atoms with E-state index < -0.39 is 0 Å². The van der Waals surface area contributed by atoms with Crippen LogP contribution in [0, 0.1) is 11.2 Å². The van der Waals surface area contributed by atoms with E-state index in [1.807, 2.05) is 6.07 Å². The van der Waals surface area contributed by atoms with Gasteiger partial charge in [0.15, 0.2) is 5.82 Å². The zero-order chi connectivity index (χ0) is 13.3. The molecule has 3 nitrogen and oxygen atoms in total. The van der Waals surface area contributed by atoms with Gasteiger partial charge in [-0.2, -0.15) is 0 Å². The van der Waals surface area contributed by atoms with Crippen LogP contribution in [-0.2, 0) is 0 Å². The zero-order valence-corrected chi connectivity index (χ0v) is 10.9. The summed E-state index contributed by atoms with van der Waals surface area (Å²) in [6.07, 6.45) is 1.64. The van der Waals surface area contributed by atoms with E-state index in [0.29, 0.717) is 23.4 Å². The predicted molar refractivity (Wildman–Crippen MR) is 74.1 cm³/mol. The van der Waals surface area contributed by atoms with E-state index in [-0.39, 0.29) is 11.2 Å². The van der Waals surface area contributed by atoms with Crippen molar-refractivity contribution in [2.24, 2.45) is 5.41 Å². The fraction of sp³-hybridized carbons (Fsp3) is 0.357. The van der Waals surface area contributed by atoms with Crippen LogP contribution in [-0.4, -0.2) is 11.5 Å². The fourth-order valence-corrected chi connectivity index (χ4v) is 1.76. The molecule has 0 fully saturated rings. The Labute approximate surface area is 106 Å². The molecule has 0 atom stereocenters. The van der Waals surface area contributed by atoms with Gasteiger partial charge in [-0.3, -0.25) is 4.98 Å². The predicted octanol–water partition coefficient (Wildman–Crippen LogP) is 3.41. The minimum absolute atomic E-state index is 0.0644. The van der Waals surface area contributed by atoms with E-state index in [2.05, 4.69) is 31.1 Å². The Hall–Kier alpha value is -1.84. The highest BCUT2D eigenvalue weighted by atomic mass is 19.1. The Morgan fingerprint density at radius 3 is 2.78 bits per heavy atom. The SMILES string of the molecule is CC(C)(C)CNc1c(F)cc(N)c2cccnc12. The topological polar surface area (TPSA) is 50.9 Å². The number of pyridine rings is 1. The van der Waals surface area contributed by atoms with Gasteiger partial charge >= 0.3 is 0 Å². The number of hydrogen-bond donors (Lipinski definition) is 2. The van der Waals surface area contributed by atoms with Crippen LogP contribution in [0.1, 0.15) is 20.8 Å². The molecule has 96 valence electrons. The molecule has 4 heteroatoms. The molecule has 0 aliphatic rings. The van der Waals surface area contributed by atoms with E-state index in [1.54, 1.807) is 12.3 Å². The van der Waals surface area contributed by atoms with E-state index in [4.69, 9.17) is 5.73 Å². The number of aromatic nitrogens is 1. The van der Waals surface area contributed by atoms with E-state index in [9.17, 15) is 4.39 Å². The summed E-state index contributed by atoms with van der Waals surface area (Å²) in [5, 5.41) is 3.90. The van der Waals surface area contributed by atoms with E-state index in [0.717, 1.165) is 5.39 Å². The maximum absolute atomic E-state index is 14.0. The molecule has 1 aromatic heterocycles. The lowest BCUT2D eigenvalue weighted by atomic mass is 9.97. The third-order valence-electron chi connectivity index (χ3n) is 2.67. The largest absolute Gasteiger partial charge is 0.398 e. The highest BCUT2D eigenvalue weighted by molar-refractivity contribution is 5.98. The molecule has 1 aromatic carbocycles. The Balaban J connectivity index is 2.49. The van der Waals surface area contributed by atoms with Gasteiger partial charge in [-0.05, 0) is 23.6 Å². The van der Waals surface area contributed by atoms with Crippen molar-refractivity contribution in [3.63, 3.8) is 0 Å². The summed E-state index contributed by atoms with van der Waals surface area (Å²) in [6, 6.07) is 4.98. The van der Waals surface area contributed by atoms with Gasteiger partial charge in [-0.25, -0.2) is 4.39 Å². The molecule has 2 aromatic rings. The number of anilines is 2. The second-order valence-electron chi connectivity index (χ2n) is 5.64. The van der Waals surface area contributed by atoms with Crippen LogP contribution in [0.15, 0.2) is 24.4 Å². The van der Waals surface area contributed by atoms with Crippen molar-refractivity contribution in [3.8, 4) is 0 Å². The molecule has 0 aliphatic heterocycles. The molecule has 0 aliphatic carbocycles. The number of benzene rings is 1. The Morgan fingerprint density at radius 1 is 1.39 bits per heavy atom. The van der Waals surface area contributed by atoms with Crippen molar-refractivity contribution >= 4 is 22.3 Å². The lowest BCUT2D eigenvalue weighted by Crippen LogP contribution is -2.20. The second kappa shape index (κ2) is 4.44. The monoisotopic (exact) mass is 247 g/mol. The molecule has 1 heterocycles. The first-order valence-electron chi connectivity index (χ1n) is 5.95. The lowest BCUT2D eigenvalue weighted by Gasteiger charge is -2.20. The van der Waals surface area contributed by atoms with Gasteiger partial charge in [-0.15, -0.1) is 0 Å². The maximum Gasteiger partial charge on any atom is 0.150 e. The van der Waals surface area contributed by atoms with Crippen molar-refractivity contribution in [2.45, 2.75) is 20.8 Å². The van der Waals surface area contributed by atoms with Crippen molar-refractivity contribution in [3.05, 3.63) is 30.2 Å². The summed E-state index contributed by atoms with van der Waals surface area (Å²) in [6.45, 7) is 6.93. The van der Waals surface area contributed by atoms with Gasteiger partial charge in [0, 0.05) is 23.8 Å². The average Bonchev–Trinajstić information content (AvgIpc) is 2.27. The molecule has 0 saturated heterocycles. The number of nitrogens with zero attached hydrogens (tertiary/aromatic N) is 1. The summed E-state index contributed by atoms with van der Waals surface area (Å²) < 4.78 is 14.0. The molecule has 3 N–H and O–H groups in total. The molecule has 2 rings (SSSR count). The third-order valence-corrected chi connectivity index (χ3v) is 2.67. The first-order chi connectivity index (χ1) is 8.38. The summed E-state index contributed by atoms with van der Waals surface area (Å²) in [7, 11) is 0. The minimum Gasteiger partial charge on any atom is -0.398 e. The quantitative estimate of drug-likeness (QED) is 0.799. The number of rotatable bonds is 2. The number of nitrogens with two attached hydrogens (primary N) is 1. The van der Waals surface area contributed by atoms with Crippen molar-refractivity contribution in [1.29, 1.82) is 0 Å². The first-order valence-corrected chi connectivity index (χ1v) is 5.95. The van der Waals surface area contributed by atoms with Crippen LogP contribution in [0.3, 0.4) is 0 Å². The van der Waals surface area contributed by atoms with Crippen LogP contribution >= 0.6 is 0 Å². The van der Waals surface area contributed by atoms with Crippen LogP contribution in [0.5, 0.6) is 0 Å². The van der Waals surface area contributed by atoms with E-state index >= 15 is 0 Å². The maximum atomic E-state index is 14.0. The number of fused-ring (bicyclic) bond motifs is 1. The molecule has 0 unspecified atom stereocenters. The van der Waals surface area contributed by atoms with Crippen molar-refractivity contribution in [1.82, 2.24) is 4.98 Å². The summed E-state index contributed by atoms with van der Waals surface area (Å²) in [5.74, 6) is -0.358. The number of nitrogens with one attached hydrogen (secondary N) is 1. The number of nitrogen functional groups attached to an aromatic ring is 1. The molecule has 0 radical (unpaired) electrons. The molecular formula is C14H18FN3. The Kier molecular flexibility index (Phi) is 3.11. The zero-order valence-electron chi connectivity index (χ0n) is 10.9. The van der Waals surface area contributed by atoms with Gasteiger partial charge in [0.1, 0.15) is 0 Å². The average molecular weight is 247 g/mol. The third kappa shape index (κ3) is 2.53. The Morgan fingerprint density at radius 2 is 2.11 bits per heavy atom. The van der Waals surface area contributed by atoms with Crippen molar-refractivity contribution in [2.75, 3.05) is 17.6 Å². The molecule has 0 bridgehead atoms. The van der Waals surface area contributed by atoms with Gasteiger partial charge in [0.05, 0.1) is 11.2 Å². The van der Waals surface area contributed by atoms with Crippen LogP contribution < -0.4 is 11.1 Å². The molecule has 18 heavy (non-hydrogen) atoms. The Bertz CT molecular complexity index is 573. The van der Waals surface area contributed by atoms with Crippen molar-refractivity contribution < 1.29 is 4.39 Å². The van der Waals surface area contributed by atoms with Gasteiger partial charge < -0.3 is 11.1 Å². The van der Waals surface area contributed by atoms with Crippen LogP contribution in [0.25, 0.3) is 10.9 Å². The van der Waals surface area contributed by atoms with E-state index in [1.165, 1.54) is 6.07 Å². The molecule has 0 spiro atoms. The van der Waals surface area contributed by atoms with Crippen LogP contribution in [0.2, 0.25) is 0 Å². The first kappa shape index (κ1) is 12.6. The lowest BCUT2D eigenvalue weighted by molar-refractivity contribution is 0.442. The number of halogens is 1. The molecule has 0 amide bonds. The fourth-order valence-electron chi connectivity index (χ4n) is 1.76. The highest BCUT2D eigenvalue weighted by Gasteiger charge is 2.15. The number of hydrogen-bond acceptors (Lipinski definition) is 3. The van der Waals surface area contributed by atoms with Gasteiger partial charge in [0.2, 0.25) is 0 Å². The molecular weight excluding hydrogens is 229 g/mol. The van der Waals surface area contributed by atoms with Gasteiger partial charge in [-0.1, -0.05) is 20.8 Å². The summed E-state index contributed by atoms with van der Waals surface area (Å²) in [4.78, 5) is 4.22. The smallest absolute Gasteiger partial charge is 0.150 e.